The van der Waals surface area contributed by atoms with E-state index in [4.69, 9.17) is 12.2 Å². The largest absolute Gasteiger partial charge is 0.301 e. The first-order valence-corrected chi connectivity index (χ1v) is 10.8. The molecule has 4 rings (SSSR count). The van der Waals surface area contributed by atoms with Gasteiger partial charge in [-0.15, -0.1) is 0 Å². The second kappa shape index (κ2) is 8.88. The van der Waals surface area contributed by atoms with Crippen molar-refractivity contribution in [3.63, 3.8) is 0 Å². The Balaban J connectivity index is 1.50. The lowest BCUT2D eigenvalue weighted by Gasteiger charge is -2.30. The summed E-state index contributed by atoms with van der Waals surface area (Å²) in [6, 6.07) is 15.6. The van der Waals surface area contributed by atoms with Crippen molar-refractivity contribution in [3.05, 3.63) is 59.7 Å². The minimum atomic E-state index is -1.02. The highest BCUT2D eigenvalue weighted by Crippen LogP contribution is 2.33. The Hall–Kier alpha value is -2.86. The number of anilines is 1. The third-order valence-corrected chi connectivity index (χ3v) is 6.12. The Labute approximate surface area is 182 Å². The van der Waals surface area contributed by atoms with Crippen molar-refractivity contribution in [1.29, 1.82) is 0 Å². The number of nitrogens with one attached hydrogen (secondary N) is 1. The van der Waals surface area contributed by atoms with Gasteiger partial charge in [0, 0.05) is 6.21 Å². The van der Waals surface area contributed by atoms with Crippen LogP contribution < -0.4 is 10.2 Å². The number of rotatable bonds is 4. The van der Waals surface area contributed by atoms with E-state index < -0.39 is 17.7 Å². The predicted octanol–water partition coefficient (Wildman–Crippen LogP) is 4.81. The summed E-state index contributed by atoms with van der Waals surface area (Å²) in [7, 11) is 0. The molecule has 0 spiro atoms. The molecule has 2 aromatic carbocycles. The molecule has 2 fully saturated rings. The number of hydrogen-bond donors (Lipinski definition) is 1. The molecule has 0 bridgehead atoms. The van der Waals surface area contributed by atoms with Crippen molar-refractivity contribution in [2.24, 2.45) is 10.9 Å². The van der Waals surface area contributed by atoms with E-state index in [2.05, 4.69) is 22.4 Å². The minimum Gasteiger partial charge on any atom is -0.301 e. The molecule has 1 aliphatic carbocycles. The highest BCUT2D eigenvalue weighted by molar-refractivity contribution is 7.80. The molecule has 1 N–H and O–H groups in total. The van der Waals surface area contributed by atoms with Gasteiger partial charge in [0.2, 0.25) is 5.91 Å². The van der Waals surface area contributed by atoms with Gasteiger partial charge in [-0.3, -0.25) is 19.5 Å². The van der Waals surface area contributed by atoms with Gasteiger partial charge in [0.25, 0.3) is 5.91 Å². The van der Waals surface area contributed by atoms with E-state index in [1.807, 2.05) is 43.3 Å². The Morgan fingerprint density at radius 2 is 1.67 bits per heavy atom. The fraction of sp³-hybridized carbons (Fsp3) is 0.333. The standard InChI is InChI=1S/C24H25N3O2S/c1-16-7-13-20(14-8-16)27-23(29)21(22(28)26-24(27)30)15-25-19-11-9-18(10-12-19)17-5-3-2-4-6-17/h7-15,17,21H,2-6H2,1H3,(H,26,28,30)/t21-/m0/s1. The van der Waals surface area contributed by atoms with Crippen molar-refractivity contribution >= 4 is 46.7 Å². The van der Waals surface area contributed by atoms with Crippen LogP contribution in [0.1, 0.15) is 49.1 Å². The Morgan fingerprint density at radius 3 is 2.33 bits per heavy atom. The summed E-state index contributed by atoms with van der Waals surface area (Å²) < 4.78 is 0. The summed E-state index contributed by atoms with van der Waals surface area (Å²) in [5.41, 5.74) is 3.78. The number of aryl methyl sites for hydroxylation is 1. The molecule has 2 amide bonds. The molecule has 1 aliphatic heterocycles. The smallest absolute Gasteiger partial charge is 0.251 e. The van der Waals surface area contributed by atoms with Gasteiger partial charge < -0.3 is 5.32 Å². The van der Waals surface area contributed by atoms with E-state index in [-0.39, 0.29) is 5.11 Å². The SMILES string of the molecule is Cc1ccc(N2C(=O)[C@@H](C=Nc3ccc(C4CCCCC4)cc3)C(=O)NC2=S)cc1. The molecule has 30 heavy (non-hydrogen) atoms. The van der Waals surface area contributed by atoms with Crippen LogP contribution in [0.3, 0.4) is 0 Å². The molecule has 2 aromatic rings. The van der Waals surface area contributed by atoms with Crippen LogP contribution in [0.25, 0.3) is 0 Å². The van der Waals surface area contributed by atoms with Crippen LogP contribution in [-0.4, -0.2) is 23.1 Å². The molecular weight excluding hydrogens is 394 g/mol. The van der Waals surface area contributed by atoms with E-state index in [9.17, 15) is 9.59 Å². The average Bonchev–Trinajstić information content (AvgIpc) is 2.76. The van der Waals surface area contributed by atoms with Crippen LogP contribution in [0.5, 0.6) is 0 Å². The van der Waals surface area contributed by atoms with Crippen LogP contribution in [0.15, 0.2) is 53.5 Å². The lowest BCUT2D eigenvalue weighted by molar-refractivity contribution is -0.130. The van der Waals surface area contributed by atoms with E-state index in [0.29, 0.717) is 11.6 Å². The number of hydrogen-bond acceptors (Lipinski definition) is 4. The maximum atomic E-state index is 13.0. The van der Waals surface area contributed by atoms with Crippen LogP contribution in [0.2, 0.25) is 0 Å². The molecule has 1 atom stereocenters. The van der Waals surface area contributed by atoms with Crippen LogP contribution in [-0.2, 0) is 9.59 Å². The topological polar surface area (TPSA) is 61.8 Å². The molecule has 1 saturated heterocycles. The highest BCUT2D eigenvalue weighted by atomic mass is 32.1. The summed E-state index contributed by atoms with van der Waals surface area (Å²) in [5.74, 6) is -1.23. The fourth-order valence-electron chi connectivity index (χ4n) is 4.09. The van der Waals surface area contributed by atoms with Gasteiger partial charge in [-0.25, -0.2) is 0 Å². The molecule has 2 aliphatic rings. The van der Waals surface area contributed by atoms with E-state index in [1.165, 1.54) is 48.8 Å². The monoisotopic (exact) mass is 419 g/mol. The maximum Gasteiger partial charge on any atom is 0.251 e. The number of benzene rings is 2. The van der Waals surface area contributed by atoms with E-state index in [0.717, 1.165) is 11.3 Å². The normalized spacial score (nSPS) is 20.6. The minimum absolute atomic E-state index is 0.0929. The Kier molecular flexibility index (Phi) is 6.04. The van der Waals surface area contributed by atoms with Gasteiger partial charge in [-0.1, -0.05) is 49.1 Å². The van der Waals surface area contributed by atoms with Crippen molar-refractivity contribution in [2.75, 3.05) is 4.90 Å². The van der Waals surface area contributed by atoms with Gasteiger partial charge in [0.1, 0.15) is 0 Å². The summed E-state index contributed by atoms with van der Waals surface area (Å²) in [6.45, 7) is 1.97. The van der Waals surface area contributed by atoms with Gasteiger partial charge in [0.15, 0.2) is 11.0 Å². The third kappa shape index (κ3) is 4.33. The molecular formula is C24H25N3O2S. The summed E-state index contributed by atoms with van der Waals surface area (Å²) in [4.78, 5) is 31.2. The molecule has 5 nitrogen and oxygen atoms in total. The molecule has 0 radical (unpaired) electrons. The number of amides is 2. The lowest BCUT2D eigenvalue weighted by atomic mass is 9.84. The zero-order chi connectivity index (χ0) is 21.1. The molecule has 0 aromatic heterocycles. The molecule has 6 heteroatoms. The first-order chi connectivity index (χ1) is 14.5. The highest BCUT2D eigenvalue weighted by Gasteiger charge is 2.38. The molecule has 1 heterocycles. The fourth-order valence-corrected chi connectivity index (χ4v) is 4.39. The number of nitrogens with zero attached hydrogens (tertiary/aromatic N) is 2. The van der Waals surface area contributed by atoms with Crippen molar-refractivity contribution in [2.45, 2.75) is 44.9 Å². The molecule has 1 saturated carbocycles. The quantitative estimate of drug-likeness (QED) is 0.439. The predicted molar refractivity (Wildman–Crippen MR) is 123 cm³/mol. The van der Waals surface area contributed by atoms with E-state index >= 15 is 0 Å². The Bertz CT molecular complexity index is 977. The average molecular weight is 420 g/mol. The second-order valence-corrected chi connectivity index (χ2v) is 8.37. The van der Waals surface area contributed by atoms with Crippen molar-refractivity contribution < 1.29 is 9.59 Å². The molecule has 154 valence electrons. The van der Waals surface area contributed by atoms with Gasteiger partial charge in [0.05, 0.1) is 11.4 Å². The zero-order valence-electron chi connectivity index (χ0n) is 17.0. The second-order valence-electron chi connectivity index (χ2n) is 7.99. The van der Waals surface area contributed by atoms with Gasteiger partial charge >= 0.3 is 0 Å². The summed E-state index contributed by atoms with van der Waals surface area (Å²) in [5, 5.41) is 2.71. The first kappa shape index (κ1) is 20.4. The summed E-state index contributed by atoms with van der Waals surface area (Å²) >= 11 is 5.23. The molecule has 0 unspecified atom stereocenters. The van der Waals surface area contributed by atoms with Crippen LogP contribution in [0.4, 0.5) is 11.4 Å². The first-order valence-electron chi connectivity index (χ1n) is 10.4. The van der Waals surface area contributed by atoms with Crippen LogP contribution >= 0.6 is 12.2 Å². The lowest BCUT2D eigenvalue weighted by Crippen LogP contribution is -2.58. The van der Waals surface area contributed by atoms with Crippen LogP contribution in [0, 0.1) is 12.8 Å². The third-order valence-electron chi connectivity index (χ3n) is 5.84. The number of thiocarbonyl (C=S) groups is 1. The van der Waals surface area contributed by atoms with Crippen molar-refractivity contribution in [1.82, 2.24) is 5.32 Å². The zero-order valence-corrected chi connectivity index (χ0v) is 17.8. The number of carbonyl (C=O) groups excluding carboxylic acids is 2. The number of carbonyl (C=O) groups is 2. The number of aliphatic imine (C=N–C) groups is 1. The van der Waals surface area contributed by atoms with Crippen molar-refractivity contribution in [3.8, 4) is 0 Å². The maximum absolute atomic E-state index is 13.0. The Morgan fingerprint density at radius 1 is 1.00 bits per heavy atom. The summed E-state index contributed by atoms with van der Waals surface area (Å²) in [6.07, 6.45) is 7.82. The van der Waals surface area contributed by atoms with Gasteiger partial charge in [-0.2, -0.15) is 0 Å². The van der Waals surface area contributed by atoms with Gasteiger partial charge in [-0.05, 0) is 67.7 Å². The van der Waals surface area contributed by atoms with E-state index in [1.54, 1.807) is 0 Å².